The van der Waals surface area contributed by atoms with Crippen LogP contribution in [0.5, 0.6) is 0 Å². The lowest BCUT2D eigenvalue weighted by atomic mass is 10.1. The van der Waals surface area contributed by atoms with Gasteiger partial charge in [-0.05, 0) is 24.3 Å². The van der Waals surface area contributed by atoms with Crippen molar-refractivity contribution in [3.63, 3.8) is 0 Å². The van der Waals surface area contributed by atoms with Crippen molar-refractivity contribution in [1.82, 2.24) is 25.0 Å². The molecule has 6 heteroatoms. The zero-order valence-corrected chi connectivity index (χ0v) is 10.9. The average Bonchev–Trinajstić information content (AvgIpc) is 3.13. The molecule has 0 saturated carbocycles. The number of halogens is 1. The van der Waals surface area contributed by atoms with Crippen LogP contribution in [0.4, 0.5) is 4.39 Å². The number of aromatic amines is 1. The van der Waals surface area contributed by atoms with E-state index in [0.717, 1.165) is 27.7 Å². The summed E-state index contributed by atoms with van der Waals surface area (Å²) in [6, 6.07) is 6.53. The third-order valence-electron chi connectivity index (χ3n) is 3.37. The van der Waals surface area contributed by atoms with E-state index in [-0.39, 0.29) is 5.82 Å². The highest BCUT2D eigenvalue weighted by molar-refractivity contribution is 5.95. The number of hydrogen-bond donors (Lipinski definition) is 1. The number of nitrogens with zero attached hydrogens (tertiary/aromatic N) is 4. The molecule has 3 aromatic heterocycles. The van der Waals surface area contributed by atoms with E-state index in [9.17, 15) is 4.39 Å². The van der Waals surface area contributed by atoms with Crippen LogP contribution in [0.2, 0.25) is 0 Å². The summed E-state index contributed by atoms with van der Waals surface area (Å²) in [5.74, 6) is -0.255. The molecule has 0 amide bonds. The summed E-state index contributed by atoms with van der Waals surface area (Å²) in [5, 5.41) is 12.9. The van der Waals surface area contributed by atoms with E-state index in [1.54, 1.807) is 29.3 Å². The second kappa shape index (κ2) is 4.52. The molecule has 0 radical (unpaired) electrons. The maximum atomic E-state index is 13.2. The van der Waals surface area contributed by atoms with Crippen LogP contribution < -0.4 is 0 Å². The molecule has 5 nitrogen and oxygen atoms in total. The van der Waals surface area contributed by atoms with Gasteiger partial charge >= 0.3 is 0 Å². The minimum absolute atomic E-state index is 0.255. The van der Waals surface area contributed by atoms with E-state index >= 15 is 0 Å². The maximum absolute atomic E-state index is 13.2. The Morgan fingerprint density at radius 3 is 2.90 bits per heavy atom. The van der Waals surface area contributed by atoms with E-state index in [1.807, 2.05) is 18.5 Å². The molecule has 0 bridgehead atoms. The van der Waals surface area contributed by atoms with Gasteiger partial charge in [0, 0.05) is 34.4 Å². The van der Waals surface area contributed by atoms with Gasteiger partial charge in [-0.2, -0.15) is 15.3 Å². The maximum Gasteiger partial charge on any atom is 0.125 e. The number of rotatable bonds is 2. The van der Waals surface area contributed by atoms with Crippen LogP contribution in [0.25, 0.3) is 27.7 Å². The molecular weight excluding hydrogens is 269 g/mol. The van der Waals surface area contributed by atoms with E-state index in [4.69, 9.17) is 0 Å². The molecule has 0 fully saturated rings. The highest BCUT2D eigenvalue weighted by Crippen LogP contribution is 2.29. The predicted octanol–water partition coefficient (Wildman–Crippen LogP) is 2.95. The Morgan fingerprint density at radius 2 is 2.05 bits per heavy atom. The highest BCUT2D eigenvalue weighted by atomic mass is 19.1. The SMILES string of the molecule is Fc1ccc2c(-c3cnn(-c4ccnnc4)c3)c[nH]c2c1. The fourth-order valence-electron chi connectivity index (χ4n) is 2.36. The molecular formula is C15H10FN5. The summed E-state index contributed by atoms with van der Waals surface area (Å²) in [6.45, 7) is 0. The molecule has 3 heterocycles. The summed E-state index contributed by atoms with van der Waals surface area (Å²) in [6.07, 6.45) is 8.79. The normalized spacial score (nSPS) is 11.1. The largest absolute Gasteiger partial charge is 0.360 e. The summed E-state index contributed by atoms with van der Waals surface area (Å²) < 4.78 is 15.0. The fourth-order valence-corrected chi connectivity index (χ4v) is 2.36. The Balaban J connectivity index is 1.81. The van der Waals surface area contributed by atoms with Crippen LogP contribution in [0, 0.1) is 5.82 Å². The summed E-state index contributed by atoms with van der Waals surface area (Å²) in [7, 11) is 0. The molecule has 0 atom stereocenters. The van der Waals surface area contributed by atoms with Crippen LogP contribution >= 0.6 is 0 Å². The molecule has 4 rings (SSSR count). The van der Waals surface area contributed by atoms with E-state index in [1.165, 1.54) is 12.1 Å². The second-order valence-corrected chi connectivity index (χ2v) is 4.67. The molecule has 21 heavy (non-hydrogen) atoms. The van der Waals surface area contributed by atoms with Crippen LogP contribution in [0.3, 0.4) is 0 Å². The van der Waals surface area contributed by atoms with Crippen molar-refractivity contribution in [2.75, 3.05) is 0 Å². The lowest BCUT2D eigenvalue weighted by molar-refractivity contribution is 0.629. The molecule has 0 saturated heterocycles. The topological polar surface area (TPSA) is 59.4 Å². The molecule has 4 aromatic rings. The first kappa shape index (κ1) is 11.8. The molecule has 0 aliphatic carbocycles. The number of hydrogen-bond acceptors (Lipinski definition) is 3. The van der Waals surface area contributed by atoms with Gasteiger partial charge in [-0.25, -0.2) is 9.07 Å². The standard InChI is InChI=1S/C15H10FN5/c16-11-1-2-13-14(8-17-15(13)5-11)10-6-20-21(9-10)12-3-4-18-19-7-12/h1-9,17H. The zero-order valence-electron chi connectivity index (χ0n) is 10.9. The van der Waals surface area contributed by atoms with E-state index in [0.29, 0.717) is 0 Å². The quantitative estimate of drug-likeness (QED) is 0.613. The molecule has 0 aliphatic rings. The van der Waals surface area contributed by atoms with Gasteiger partial charge in [0.15, 0.2) is 0 Å². The zero-order chi connectivity index (χ0) is 14.2. The van der Waals surface area contributed by atoms with Crippen LogP contribution in [0.1, 0.15) is 0 Å². The smallest absolute Gasteiger partial charge is 0.125 e. The van der Waals surface area contributed by atoms with Crippen molar-refractivity contribution in [2.24, 2.45) is 0 Å². The minimum atomic E-state index is -0.255. The third kappa shape index (κ3) is 1.97. The Labute approximate surface area is 119 Å². The second-order valence-electron chi connectivity index (χ2n) is 4.67. The van der Waals surface area contributed by atoms with Crippen molar-refractivity contribution in [3.8, 4) is 16.8 Å². The minimum Gasteiger partial charge on any atom is -0.360 e. The van der Waals surface area contributed by atoms with Gasteiger partial charge in [0.05, 0.1) is 24.3 Å². The van der Waals surface area contributed by atoms with Gasteiger partial charge in [0.25, 0.3) is 0 Å². The lowest BCUT2D eigenvalue weighted by Crippen LogP contribution is -1.94. The van der Waals surface area contributed by atoms with E-state index in [2.05, 4.69) is 20.3 Å². The van der Waals surface area contributed by atoms with E-state index < -0.39 is 0 Å². The Kier molecular flexibility index (Phi) is 2.53. The van der Waals surface area contributed by atoms with Crippen molar-refractivity contribution in [3.05, 3.63) is 61.1 Å². The van der Waals surface area contributed by atoms with Crippen LogP contribution in [0.15, 0.2) is 55.2 Å². The van der Waals surface area contributed by atoms with Gasteiger partial charge in [-0.3, -0.25) is 0 Å². The fraction of sp³-hybridized carbons (Fsp3) is 0. The Bertz CT molecular complexity index is 910. The van der Waals surface area contributed by atoms with Crippen molar-refractivity contribution in [1.29, 1.82) is 0 Å². The van der Waals surface area contributed by atoms with Crippen molar-refractivity contribution < 1.29 is 4.39 Å². The summed E-state index contributed by atoms with van der Waals surface area (Å²) in [5.41, 5.74) is 3.54. The van der Waals surface area contributed by atoms with Gasteiger partial charge < -0.3 is 4.98 Å². The Morgan fingerprint density at radius 1 is 1.10 bits per heavy atom. The third-order valence-corrected chi connectivity index (χ3v) is 3.37. The van der Waals surface area contributed by atoms with Gasteiger partial charge in [-0.15, -0.1) is 0 Å². The molecule has 1 N–H and O–H groups in total. The van der Waals surface area contributed by atoms with Crippen LogP contribution in [-0.2, 0) is 0 Å². The summed E-state index contributed by atoms with van der Waals surface area (Å²) >= 11 is 0. The number of nitrogens with one attached hydrogen (secondary N) is 1. The van der Waals surface area contributed by atoms with Crippen LogP contribution in [-0.4, -0.2) is 25.0 Å². The lowest BCUT2D eigenvalue weighted by Gasteiger charge is -1.98. The molecule has 0 spiro atoms. The van der Waals surface area contributed by atoms with Crippen molar-refractivity contribution in [2.45, 2.75) is 0 Å². The number of fused-ring (bicyclic) bond motifs is 1. The molecule has 0 aliphatic heterocycles. The predicted molar refractivity (Wildman–Crippen MR) is 76.4 cm³/mol. The van der Waals surface area contributed by atoms with Gasteiger partial charge in [0.1, 0.15) is 5.82 Å². The van der Waals surface area contributed by atoms with Crippen molar-refractivity contribution >= 4 is 10.9 Å². The molecule has 0 unspecified atom stereocenters. The van der Waals surface area contributed by atoms with Gasteiger partial charge in [-0.1, -0.05) is 0 Å². The Hall–Kier alpha value is -3.02. The first-order chi connectivity index (χ1) is 10.3. The number of H-pyrrole nitrogens is 1. The molecule has 1 aromatic carbocycles. The number of benzene rings is 1. The summed E-state index contributed by atoms with van der Waals surface area (Å²) in [4.78, 5) is 3.08. The first-order valence-electron chi connectivity index (χ1n) is 6.40. The monoisotopic (exact) mass is 279 g/mol. The van der Waals surface area contributed by atoms with Gasteiger partial charge in [0.2, 0.25) is 0 Å². The number of aromatic nitrogens is 5. The first-order valence-corrected chi connectivity index (χ1v) is 6.40. The average molecular weight is 279 g/mol. The highest BCUT2D eigenvalue weighted by Gasteiger charge is 2.09. The molecule has 102 valence electrons.